The van der Waals surface area contributed by atoms with E-state index in [1.807, 2.05) is 17.0 Å². The van der Waals surface area contributed by atoms with Gasteiger partial charge in [-0.2, -0.15) is 0 Å². The summed E-state index contributed by atoms with van der Waals surface area (Å²) in [5.74, 6) is 0.0440. The van der Waals surface area contributed by atoms with Gasteiger partial charge >= 0.3 is 0 Å². The van der Waals surface area contributed by atoms with Crippen LogP contribution < -0.4 is 5.73 Å². The number of halogens is 2. The van der Waals surface area contributed by atoms with E-state index in [2.05, 4.69) is 28.1 Å². The second-order valence-corrected chi connectivity index (χ2v) is 4.92. The van der Waals surface area contributed by atoms with Crippen LogP contribution >= 0.6 is 28.3 Å². The fourth-order valence-corrected chi connectivity index (χ4v) is 2.66. The van der Waals surface area contributed by atoms with Crippen molar-refractivity contribution in [1.29, 1.82) is 0 Å². The summed E-state index contributed by atoms with van der Waals surface area (Å²) in [5, 5.41) is 0. The molecule has 1 aliphatic heterocycles. The van der Waals surface area contributed by atoms with Crippen molar-refractivity contribution in [3.63, 3.8) is 0 Å². The van der Waals surface area contributed by atoms with E-state index in [1.54, 1.807) is 0 Å². The zero-order chi connectivity index (χ0) is 11.5. The van der Waals surface area contributed by atoms with Crippen LogP contribution in [0.3, 0.4) is 0 Å². The van der Waals surface area contributed by atoms with Crippen LogP contribution in [-0.4, -0.2) is 23.9 Å². The number of benzene rings is 1. The Balaban J connectivity index is 0.00000144. The van der Waals surface area contributed by atoms with Gasteiger partial charge in [-0.15, -0.1) is 12.4 Å². The van der Waals surface area contributed by atoms with E-state index >= 15 is 0 Å². The quantitative estimate of drug-likeness (QED) is 0.910. The highest BCUT2D eigenvalue weighted by Gasteiger charge is 2.28. The number of carbonyl (C=O) groups excluding carboxylic acids is 1. The Hall–Kier alpha value is -0.580. The van der Waals surface area contributed by atoms with Gasteiger partial charge in [0.2, 0.25) is 5.91 Å². The molecule has 0 aliphatic carbocycles. The second kappa shape index (κ2) is 6.38. The van der Waals surface area contributed by atoms with E-state index in [1.165, 1.54) is 5.56 Å². The van der Waals surface area contributed by atoms with Crippen molar-refractivity contribution < 1.29 is 4.79 Å². The third kappa shape index (κ3) is 3.21. The van der Waals surface area contributed by atoms with Crippen molar-refractivity contribution in [2.24, 2.45) is 5.73 Å². The summed E-state index contributed by atoms with van der Waals surface area (Å²) in [4.78, 5) is 13.6. The molecule has 1 aromatic carbocycles. The topological polar surface area (TPSA) is 46.3 Å². The number of hydrogen-bond donors (Lipinski definition) is 1. The summed E-state index contributed by atoms with van der Waals surface area (Å²) in [6, 6.07) is 8.34. The van der Waals surface area contributed by atoms with E-state index < -0.39 is 0 Å². The van der Waals surface area contributed by atoms with Crippen LogP contribution in [0.1, 0.15) is 24.4 Å². The first-order valence-corrected chi connectivity index (χ1v) is 6.26. The second-order valence-electron chi connectivity index (χ2n) is 4.00. The summed E-state index contributed by atoms with van der Waals surface area (Å²) in [5.41, 5.74) is 6.61. The molecule has 0 spiro atoms. The van der Waals surface area contributed by atoms with Crippen LogP contribution in [0.25, 0.3) is 0 Å². The summed E-state index contributed by atoms with van der Waals surface area (Å²) in [6.07, 6.45) is 2.09. The van der Waals surface area contributed by atoms with Gasteiger partial charge in [0.25, 0.3) is 0 Å². The predicted molar refractivity (Wildman–Crippen MR) is 74.1 cm³/mol. The van der Waals surface area contributed by atoms with E-state index in [9.17, 15) is 4.79 Å². The highest BCUT2D eigenvalue weighted by molar-refractivity contribution is 9.10. The Bertz CT molecular complexity index is 400. The summed E-state index contributed by atoms with van der Waals surface area (Å²) < 4.78 is 1.05. The molecule has 3 nitrogen and oxygen atoms in total. The molecule has 1 aromatic rings. The van der Waals surface area contributed by atoms with Gasteiger partial charge in [-0.3, -0.25) is 4.79 Å². The van der Waals surface area contributed by atoms with E-state index in [0.29, 0.717) is 0 Å². The number of nitrogens with two attached hydrogens (primary N) is 1. The number of likely N-dealkylation sites (tertiary alicyclic amines) is 1. The average Bonchev–Trinajstić information content (AvgIpc) is 2.77. The lowest BCUT2D eigenvalue weighted by molar-refractivity contribution is -0.130. The minimum absolute atomic E-state index is 0. The van der Waals surface area contributed by atoms with Gasteiger partial charge in [-0.1, -0.05) is 28.1 Å². The molecular weight excluding hydrogens is 304 g/mol. The van der Waals surface area contributed by atoms with E-state index in [0.717, 1.165) is 23.9 Å². The third-order valence-corrected chi connectivity index (χ3v) is 3.47. The molecule has 2 rings (SSSR count). The monoisotopic (exact) mass is 318 g/mol. The Labute approximate surface area is 116 Å². The first-order valence-electron chi connectivity index (χ1n) is 5.47. The first-order chi connectivity index (χ1) is 7.72. The van der Waals surface area contributed by atoms with Crippen LogP contribution in [0, 0.1) is 0 Å². The van der Waals surface area contributed by atoms with Crippen molar-refractivity contribution >= 4 is 34.2 Å². The number of amides is 1. The van der Waals surface area contributed by atoms with Crippen LogP contribution in [-0.2, 0) is 4.79 Å². The molecule has 1 unspecified atom stereocenters. The van der Waals surface area contributed by atoms with Crippen LogP contribution in [0.5, 0.6) is 0 Å². The molecule has 94 valence electrons. The summed E-state index contributed by atoms with van der Waals surface area (Å²) in [7, 11) is 0. The molecule has 1 saturated heterocycles. The van der Waals surface area contributed by atoms with Crippen molar-refractivity contribution in [2.45, 2.75) is 18.9 Å². The highest BCUT2D eigenvalue weighted by atomic mass is 79.9. The summed E-state index contributed by atoms with van der Waals surface area (Å²) >= 11 is 3.46. The Kier molecular flexibility index (Phi) is 5.43. The molecule has 0 bridgehead atoms. The average molecular weight is 320 g/mol. The molecule has 5 heteroatoms. The van der Waals surface area contributed by atoms with E-state index in [4.69, 9.17) is 5.73 Å². The number of rotatable bonds is 2. The predicted octanol–water partition coefficient (Wildman–Crippen LogP) is 2.49. The van der Waals surface area contributed by atoms with Gasteiger partial charge in [0.15, 0.2) is 0 Å². The molecule has 0 radical (unpaired) electrons. The fraction of sp³-hybridized carbons (Fsp3) is 0.417. The Morgan fingerprint density at radius 3 is 2.94 bits per heavy atom. The molecule has 1 fully saturated rings. The largest absolute Gasteiger partial charge is 0.335 e. The Morgan fingerprint density at radius 1 is 1.53 bits per heavy atom. The number of carbonyl (C=O) groups is 1. The molecule has 1 heterocycles. The minimum atomic E-state index is 0. The van der Waals surface area contributed by atoms with Crippen molar-refractivity contribution in [3.05, 3.63) is 34.3 Å². The van der Waals surface area contributed by atoms with Gasteiger partial charge in [-0.25, -0.2) is 0 Å². The molecule has 0 aromatic heterocycles. The standard InChI is InChI=1S/C12H15BrN2O.ClH/c13-10-4-1-3-9(7-10)11-5-2-6-15(11)12(16)8-14;/h1,3-4,7,11H,2,5-6,8,14H2;1H. The molecule has 1 atom stereocenters. The molecule has 17 heavy (non-hydrogen) atoms. The third-order valence-electron chi connectivity index (χ3n) is 2.98. The van der Waals surface area contributed by atoms with Gasteiger partial charge in [0.1, 0.15) is 0 Å². The molecular formula is C12H16BrClN2O. The lowest BCUT2D eigenvalue weighted by Crippen LogP contribution is -2.35. The van der Waals surface area contributed by atoms with Crippen molar-refractivity contribution in [2.75, 3.05) is 13.1 Å². The Morgan fingerprint density at radius 2 is 2.29 bits per heavy atom. The maximum Gasteiger partial charge on any atom is 0.236 e. The first kappa shape index (κ1) is 14.5. The molecule has 1 aliphatic rings. The SMILES string of the molecule is Cl.NCC(=O)N1CCCC1c1cccc(Br)c1. The number of hydrogen-bond acceptors (Lipinski definition) is 2. The zero-order valence-electron chi connectivity index (χ0n) is 9.43. The molecule has 1 amide bonds. The minimum Gasteiger partial charge on any atom is -0.335 e. The van der Waals surface area contributed by atoms with Gasteiger partial charge < -0.3 is 10.6 Å². The lowest BCUT2D eigenvalue weighted by Gasteiger charge is -2.24. The lowest BCUT2D eigenvalue weighted by atomic mass is 10.0. The van der Waals surface area contributed by atoms with Crippen molar-refractivity contribution in [3.8, 4) is 0 Å². The van der Waals surface area contributed by atoms with Crippen LogP contribution in [0.15, 0.2) is 28.7 Å². The van der Waals surface area contributed by atoms with Crippen LogP contribution in [0.4, 0.5) is 0 Å². The van der Waals surface area contributed by atoms with Gasteiger partial charge in [0.05, 0.1) is 12.6 Å². The maximum atomic E-state index is 11.7. The van der Waals surface area contributed by atoms with Crippen molar-refractivity contribution in [1.82, 2.24) is 4.90 Å². The van der Waals surface area contributed by atoms with E-state index in [-0.39, 0.29) is 30.9 Å². The molecule has 0 saturated carbocycles. The normalized spacial score (nSPS) is 18.9. The smallest absolute Gasteiger partial charge is 0.236 e. The molecule has 2 N–H and O–H groups in total. The van der Waals surface area contributed by atoms with Crippen LogP contribution in [0.2, 0.25) is 0 Å². The number of nitrogens with zero attached hydrogens (tertiary/aromatic N) is 1. The fourth-order valence-electron chi connectivity index (χ4n) is 2.24. The zero-order valence-corrected chi connectivity index (χ0v) is 11.8. The summed E-state index contributed by atoms with van der Waals surface area (Å²) in [6.45, 7) is 0.928. The maximum absolute atomic E-state index is 11.7. The van der Waals surface area contributed by atoms with Gasteiger partial charge in [0, 0.05) is 11.0 Å². The highest BCUT2D eigenvalue weighted by Crippen LogP contribution is 2.32. The van der Waals surface area contributed by atoms with Gasteiger partial charge in [-0.05, 0) is 30.5 Å².